The number of thioether (sulfide) groups is 1. The molecule has 0 bridgehead atoms. The van der Waals surface area contributed by atoms with E-state index in [2.05, 4.69) is 42.7 Å². The molecule has 3 nitrogen and oxygen atoms in total. The summed E-state index contributed by atoms with van der Waals surface area (Å²) in [6.45, 7) is 14.8. The molecule has 118 valence electrons. The van der Waals surface area contributed by atoms with Crippen molar-refractivity contribution >= 4 is 11.8 Å². The molecule has 2 rings (SSSR count). The second-order valence-corrected chi connectivity index (χ2v) is 8.92. The Morgan fingerprint density at radius 1 is 1.25 bits per heavy atom. The van der Waals surface area contributed by atoms with Crippen molar-refractivity contribution in [3.8, 4) is 0 Å². The van der Waals surface area contributed by atoms with Crippen LogP contribution >= 0.6 is 11.8 Å². The van der Waals surface area contributed by atoms with E-state index in [4.69, 9.17) is 4.74 Å². The summed E-state index contributed by atoms with van der Waals surface area (Å²) >= 11 is 2.13. The maximum Gasteiger partial charge on any atom is 0.0547 e. The van der Waals surface area contributed by atoms with Crippen LogP contribution < -0.4 is 5.32 Å². The van der Waals surface area contributed by atoms with Crippen molar-refractivity contribution in [2.45, 2.75) is 44.8 Å². The molecule has 2 saturated heterocycles. The van der Waals surface area contributed by atoms with Gasteiger partial charge >= 0.3 is 0 Å². The van der Waals surface area contributed by atoms with Crippen molar-refractivity contribution in [1.29, 1.82) is 0 Å². The van der Waals surface area contributed by atoms with Crippen LogP contribution in [0.15, 0.2) is 0 Å². The highest BCUT2D eigenvalue weighted by molar-refractivity contribution is 8.00. The van der Waals surface area contributed by atoms with Crippen LogP contribution in [0.1, 0.15) is 40.0 Å². The van der Waals surface area contributed by atoms with Gasteiger partial charge in [0, 0.05) is 42.2 Å². The zero-order valence-corrected chi connectivity index (χ0v) is 14.4. The molecule has 1 N–H and O–H groups in total. The first kappa shape index (κ1) is 16.6. The SMILES string of the molecule is CCCNCC1(CN2CCSC(C)(C)CC2)CCOC1. The van der Waals surface area contributed by atoms with E-state index in [0.717, 1.165) is 26.3 Å². The Balaban J connectivity index is 1.87. The van der Waals surface area contributed by atoms with Crippen molar-refractivity contribution in [2.75, 3.05) is 51.7 Å². The average molecular weight is 301 g/mol. The van der Waals surface area contributed by atoms with Crippen molar-refractivity contribution < 1.29 is 4.74 Å². The molecule has 1 atom stereocenters. The van der Waals surface area contributed by atoms with Crippen LogP contribution in [-0.4, -0.2) is 61.3 Å². The van der Waals surface area contributed by atoms with Gasteiger partial charge in [0.1, 0.15) is 0 Å². The van der Waals surface area contributed by atoms with Crippen LogP contribution in [0.25, 0.3) is 0 Å². The Morgan fingerprint density at radius 3 is 2.80 bits per heavy atom. The predicted octanol–water partition coefficient (Wildman–Crippen LogP) is 2.61. The molecule has 0 saturated carbocycles. The minimum Gasteiger partial charge on any atom is -0.381 e. The van der Waals surface area contributed by atoms with E-state index >= 15 is 0 Å². The standard InChI is InChI=1S/C16H32N2OS/c1-4-7-17-12-16(6-10-19-14-16)13-18-8-5-15(2,3)20-11-9-18/h17H,4-14H2,1-3H3. The number of hydrogen-bond acceptors (Lipinski definition) is 4. The van der Waals surface area contributed by atoms with Gasteiger partial charge in [-0.3, -0.25) is 0 Å². The van der Waals surface area contributed by atoms with E-state index in [1.807, 2.05) is 0 Å². The molecule has 2 fully saturated rings. The summed E-state index contributed by atoms with van der Waals surface area (Å²) in [6.07, 6.45) is 3.74. The monoisotopic (exact) mass is 300 g/mol. The van der Waals surface area contributed by atoms with E-state index in [1.54, 1.807) is 0 Å². The molecule has 4 heteroatoms. The maximum absolute atomic E-state index is 5.73. The van der Waals surface area contributed by atoms with Gasteiger partial charge in [0.15, 0.2) is 0 Å². The van der Waals surface area contributed by atoms with Crippen molar-refractivity contribution in [3.63, 3.8) is 0 Å². The first-order valence-corrected chi connectivity index (χ1v) is 9.19. The quantitative estimate of drug-likeness (QED) is 0.762. The molecule has 2 aliphatic rings. The van der Waals surface area contributed by atoms with Crippen LogP contribution in [0.5, 0.6) is 0 Å². The van der Waals surface area contributed by atoms with Gasteiger partial charge in [-0.2, -0.15) is 11.8 Å². The van der Waals surface area contributed by atoms with Crippen LogP contribution in [-0.2, 0) is 4.74 Å². The molecular formula is C16H32N2OS. The molecule has 0 radical (unpaired) electrons. The second kappa shape index (κ2) is 7.48. The van der Waals surface area contributed by atoms with Gasteiger partial charge in [0.25, 0.3) is 0 Å². The molecular weight excluding hydrogens is 268 g/mol. The third-order valence-corrected chi connectivity index (χ3v) is 5.97. The number of nitrogens with one attached hydrogen (secondary N) is 1. The molecule has 2 aliphatic heterocycles. The molecule has 0 aromatic carbocycles. The third-order valence-electron chi connectivity index (χ3n) is 4.60. The van der Waals surface area contributed by atoms with Crippen LogP contribution in [0, 0.1) is 5.41 Å². The largest absolute Gasteiger partial charge is 0.381 e. The Morgan fingerprint density at radius 2 is 2.10 bits per heavy atom. The van der Waals surface area contributed by atoms with E-state index in [-0.39, 0.29) is 0 Å². The van der Waals surface area contributed by atoms with Crippen molar-refractivity contribution in [1.82, 2.24) is 10.2 Å². The number of ether oxygens (including phenoxy) is 1. The van der Waals surface area contributed by atoms with Gasteiger partial charge in [-0.1, -0.05) is 20.8 Å². The summed E-state index contributed by atoms with van der Waals surface area (Å²) < 4.78 is 6.19. The average Bonchev–Trinajstić information content (AvgIpc) is 2.78. The third kappa shape index (κ3) is 4.90. The molecule has 0 spiro atoms. The highest BCUT2D eigenvalue weighted by Gasteiger charge is 2.37. The normalized spacial score (nSPS) is 31.4. The lowest BCUT2D eigenvalue weighted by Gasteiger charge is -2.34. The van der Waals surface area contributed by atoms with Gasteiger partial charge < -0.3 is 15.0 Å². The van der Waals surface area contributed by atoms with E-state index in [0.29, 0.717) is 10.2 Å². The van der Waals surface area contributed by atoms with Crippen LogP contribution in [0.3, 0.4) is 0 Å². The van der Waals surface area contributed by atoms with Gasteiger partial charge in [-0.15, -0.1) is 0 Å². The Labute approximate surface area is 129 Å². The number of nitrogens with zero attached hydrogens (tertiary/aromatic N) is 1. The summed E-state index contributed by atoms with van der Waals surface area (Å²) in [5, 5.41) is 3.63. The lowest BCUT2D eigenvalue weighted by Crippen LogP contribution is -2.45. The zero-order valence-electron chi connectivity index (χ0n) is 13.5. The fourth-order valence-electron chi connectivity index (χ4n) is 3.19. The molecule has 2 heterocycles. The summed E-state index contributed by atoms with van der Waals surface area (Å²) in [7, 11) is 0. The Hall–Kier alpha value is 0.230. The zero-order chi connectivity index (χ0) is 14.5. The number of rotatable bonds is 6. The highest BCUT2D eigenvalue weighted by atomic mass is 32.2. The molecule has 0 amide bonds. The van der Waals surface area contributed by atoms with Crippen LogP contribution in [0.4, 0.5) is 0 Å². The van der Waals surface area contributed by atoms with E-state index < -0.39 is 0 Å². The van der Waals surface area contributed by atoms with E-state index in [9.17, 15) is 0 Å². The first-order valence-electron chi connectivity index (χ1n) is 8.20. The predicted molar refractivity (Wildman–Crippen MR) is 88.6 cm³/mol. The molecule has 0 aromatic heterocycles. The van der Waals surface area contributed by atoms with Crippen LogP contribution in [0.2, 0.25) is 0 Å². The second-order valence-electron chi connectivity index (χ2n) is 7.11. The van der Waals surface area contributed by atoms with Gasteiger partial charge in [-0.25, -0.2) is 0 Å². The summed E-state index contributed by atoms with van der Waals surface area (Å²) in [4.78, 5) is 2.68. The highest BCUT2D eigenvalue weighted by Crippen LogP contribution is 2.34. The molecule has 1 unspecified atom stereocenters. The minimum atomic E-state index is 0.355. The summed E-state index contributed by atoms with van der Waals surface area (Å²) in [5.41, 5.74) is 0.355. The lowest BCUT2D eigenvalue weighted by molar-refractivity contribution is 0.110. The first-order chi connectivity index (χ1) is 9.55. The molecule has 0 aliphatic carbocycles. The molecule has 0 aromatic rings. The fourth-order valence-corrected chi connectivity index (χ4v) is 4.33. The van der Waals surface area contributed by atoms with Crippen molar-refractivity contribution in [3.05, 3.63) is 0 Å². The summed E-state index contributed by atoms with van der Waals surface area (Å²) in [6, 6.07) is 0. The Kier molecular flexibility index (Phi) is 6.21. The van der Waals surface area contributed by atoms with Gasteiger partial charge in [0.05, 0.1) is 6.61 Å². The maximum atomic E-state index is 5.73. The molecule has 20 heavy (non-hydrogen) atoms. The van der Waals surface area contributed by atoms with Gasteiger partial charge in [-0.05, 0) is 32.4 Å². The lowest BCUT2D eigenvalue weighted by atomic mass is 9.86. The van der Waals surface area contributed by atoms with Crippen molar-refractivity contribution in [2.24, 2.45) is 5.41 Å². The topological polar surface area (TPSA) is 24.5 Å². The Bertz CT molecular complexity index is 290. The minimum absolute atomic E-state index is 0.355. The van der Waals surface area contributed by atoms with Gasteiger partial charge in [0.2, 0.25) is 0 Å². The number of hydrogen-bond donors (Lipinski definition) is 1. The van der Waals surface area contributed by atoms with E-state index in [1.165, 1.54) is 44.6 Å². The fraction of sp³-hybridized carbons (Fsp3) is 1.00. The summed E-state index contributed by atoms with van der Waals surface area (Å²) in [5.74, 6) is 1.27. The smallest absolute Gasteiger partial charge is 0.0547 e.